The molecule has 2 N–H and O–H groups in total. The number of hydrogen-bond acceptors (Lipinski definition) is 4. The van der Waals surface area contributed by atoms with Crippen molar-refractivity contribution in [3.63, 3.8) is 0 Å². The van der Waals surface area contributed by atoms with Crippen LogP contribution in [0.1, 0.15) is 25.0 Å². The molecule has 22 heavy (non-hydrogen) atoms. The third-order valence-corrected chi connectivity index (χ3v) is 4.14. The maximum Gasteiger partial charge on any atom is 0.248 e. The molecule has 6 heteroatoms. The van der Waals surface area contributed by atoms with Crippen molar-refractivity contribution in [2.24, 2.45) is 0 Å². The number of rotatable bonds is 4. The van der Waals surface area contributed by atoms with Crippen molar-refractivity contribution in [2.45, 2.75) is 32.2 Å². The molecule has 0 aliphatic carbocycles. The Balaban J connectivity index is 2.15. The summed E-state index contributed by atoms with van der Waals surface area (Å²) >= 11 is 1.38. The minimum atomic E-state index is -0.299. The number of nitrogens with zero attached hydrogens (tertiary/aromatic N) is 1. The second-order valence-corrected chi connectivity index (χ2v) is 5.98. The van der Waals surface area contributed by atoms with E-state index in [1.807, 2.05) is 13.0 Å². The average molecular weight is 317 g/mol. The van der Waals surface area contributed by atoms with E-state index in [0.717, 1.165) is 33.5 Å². The van der Waals surface area contributed by atoms with Gasteiger partial charge in [-0.05, 0) is 36.6 Å². The van der Waals surface area contributed by atoms with Crippen LogP contribution in [-0.2, 0) is 16.0 Å². The van der Waals surface area contributed by atoms with Crippen LogP contribution in [0.3, 0.4) is 0 Å². The first-order valence-electron chi connectivity index (χ1n) is 7.08. The molecule has 0 saturated heterocycles. The molecule has 1 aromatic carbocycles. The predicted molar refractivity (Wildman–Crippen MR) is 88.5 cm³/mol. The molecule has 0 saturated carbocycles. The number of pyridine rings is 1. The minimum absolute atomic E-state index is 0.206. The van der Waals surface area contributed by atoms with Gasteiger partial charge < -0.3 is 0 Å². The van der Waals surface area contributed by atoms with Gasteiger partial charge in [-0.1, -0.05) is 30.8 Å². The van der Waals surface area contributed by atoms with Crippen LogP contribution in [0.5, 0.6) is 0 Å². The Morgan fingerprint density at radius 2 is 2.00 bits per heavy atom. The number of nitrogens with one attached hydrogen (secondary N) is 2. The first-order valence-corrected chi connectivity index (χ1v) is 8.06. The molecule has 1 aromatic heterocycles. The lowest BCUT2D eigenvalue weighted by Gasteiger charge is -2.10. The minimum Gasteiger partial charge on any atom is -0.274 e. The van der Waals surface area contributed by atoms with Gasteiger partial charge >= 0.3 is 0 Å². The van der Waals surface area contributed by atoms with E-state index < -0.39 is 0 Å². The molecule has 0 aliphatic heterocycles. The summed E-state index contributed by atoms with van der Waals surface area (Å²) in [4.78, 5) is 27.1. The Bertz CT molecular complexity index is 716. The van der Waals surface area contributed by atoms with Crippen LogP contribution in [0.4, 0.5) is 0 Å². The van der Waals surface area contributed by atoms with E-state index in [0.29, 0.717) is 0 Å². The largest absolute Gasteiger partial charge is 0.274 e. The van der Waals surface area contributed by atoms with Gasteiger partial charge in [-0.25, -0.2) is 4.98 Å². The van der Waals surface area contributed by atoms with E-state index in [1.165, 1.54) is 18.7 Å². The average Bonchev–Trinajstić information content (AvgIpc) is 2.49. The van der Waals surface area contributed by atoms with Gasteiger partial charge in [0.05, 0.1) is 11.3 Å². The normalized spacial score (nSPS) is 10.5. The molecule has 2 aromatic rings. The van der Waals surface area contributed by atoms with Crippen molar-refractivity contribution in [2.75, 3.05) is 5.75 Å². The monoisotopic (exact) mass is 317 g/mol. The number of aryl methyl sites for hydroxylation is 2. The molecular formula is C16H19N3O2S. The van der Waals surface area contributed by atoms with Crippen molar-refractivity contribution in [1.29, 1.82) is 0 Å². The zero-order chi connectivity index (χ0) is 16.1. The third-order valence-electron chi connectivity index (χ3n) is 3.11. The molecule has 5 nitrogen and oxygen atoms in total. The van der Waals surface area contributed by atoms with Gasteiger partial charge in [0.1, 0.15) is 5.03 Å². The van der Waals surface area contributed by atoms with Gasteiger partial charge in [-0.3, -0.25) is 20.4 Å². The molecule has 0 unspecified atom stereocenters. The third kappa shape index (κ3) is 4.21. The quantitative estimate of drug-likeness (QED) is 0.671. The van der Waals surface area contributed by atoms with Crippen molar-refractivity contribution in [3.8, 4) is 0 Å². The number of carbonyl (C=O) groups excluding carboxylic acids is 2. The number of amides is 2. The smallest absolute Gasteiger partial charge is 0.248 e. The summed E-state index contributed by atoms with van der Waals surface area (Å²) in [6.45, 7) is 5.44. The van der Waals surface area contributed by atoms with Gasteiger partial charge in [-0.15, -0.1) is 0 Å². The second kappa shape index (κ2) is 7.26. The van der Waals surface area contributed by atoms with Gasteiger partial charge in [0, 0.05) is 12.3 Å². The van der Waals surface area contributed by atoms with Crippen molar-refractivity contribution in [3.05, 3.63) is 35.4 Å². The number of benzene rings is 1. The fourth-order valence-electron chi connectivity index (χ4n) is 2.01. The molecule has 0 radical (unpaired) electrons. The van der Waals surface area contributed by atoms with E-state index in [4.69, 9.17) is 0 Å². The number of hydrazine groups is 1. The van der Waals surface area contributed by atoms with E-state index in [9.17, 15) is 9.59 Å². The summed E-state index contributed by atoms with van der Waals surface area (Å²) in [6, 6.07) is 8.29. The zero-order valence-corrected chi connectivity index (χ0v) is 13.7. The summed E-state index contributed by atoms with van der Waals surface area (Å²) in [5.41, 5.74) is 7.83. The van der Waals surface area contributed by atoms with Crippen LogP contribution in [0, 0.1) is 6.92 Å². The molecule has 0 bridgehead atoms. The van der Waals surface area contributed by atoms with Gasteiger partial charge in [-0.2, -0.15) is 0 Å². The Morgan fingerprint density at radius 3 is 2.68 bits per heavy atom. The Labute approximate surface area is 133 Å². The molecule has 116 valence electrons. The maximum atomic E-state index is 11.7. The lowest BCUT2D eigenvalue weighted by atomic mass is 10.1. The van der Waals surface area contributed by atoms with E-state index in [1.54, 1.807) is 0 Å². The number of aromatic nitrogens is 1. The van der Waals surface area contributed by atoms with Gasteiger partial charge in [0.25, 0.3) is 0 Å². The number of carbonyl (C=O) groups is 2. The van der Waals surface area contributed by atoms with Gasteiger partial charge in [0.2, 0.25) is 11.8 Å². The lowest BCUT2D eigenvalue weighted by Crippen LogP contribution is -2.41. The van der Waals surface area contributed by atoms with Gasteiger partial charge in [0.15, 0.2) is 0 Å². The summed E-state index contributed by atoms with van der Waals surface area (Å²) in [5, 5.41) is 1.97. The fourth-order valence-corrected chi connectivity index (χ4v) is 2.90. The van der Waals surface area contributed by atoms with Crippen LogP contribution in [0.25, 0.3) is 10.9 Å². The number of fused-ring (bicyclic) bond motifs is 1. The zero-order valence-electron chi connectivity index (χ0n) is 12.9. The van der Waals surface area contributed by atoms with Crippen molar-refractivity contribution >= 4 is 34.5 Å². The lowest BCUT2D eigenvalue weighted by molar-refractivity contribution is -0.126. The highest BCUT2D eigenvalue weighted by Gasteiger charge is 2.09. The first kappa shape index (κ1) is 16.3. The highest BCUT2D eigenvalue weighted by atomic mass is 32.2. The molecule has 0 spiro atoms. The fraction of sp³-hybridized carbons (Fsp3) is 0.312. The van der Waals surface area contributed by atoms with Crippen molar-refractivity contribution < 1.29 is 9.59 Å². The second-order valence-electron chi connectivity index (χ2n) is 5.02. The molecule has 2 rings (SSSR count). The topological polar surface area (TPSA) is 71.1 Å². The summed E-state index contributed by atoms with van der Waals surface area (Å²) in [6.07, 6.45) is 0.854. The van der Waals surface area contributed by atoms with E-state index in [-0.39, 0.29) is 17.6 Å². The summed E-state index contributed by atoms with van der Waals surface area (Å²) in [5.74, 6) is -0.349. The summed E-state index contributed by atoms with van der Waals surface area (Å²) in [7, 11) is 0. The Hall–Kier alpha value is -2.08. The van der Waals surface area contributed by atoms with Crippen LogP contribution in [-0.4, -0.2) is 22.6 Å². The molecule has 1 heterocycles. The van der Waals surface area contributed by atoms with Crippen LogP contribution in [0.15, 0.2) is 29.3 Å². The maximum absolute atomic E-state index is 11.7. The predicted octanol–water partition coefficient (Wildman–Crippen LogP) is 2.37. The highest BCUT2D eigenvalue weighted by molar-refractivity contribution is 7.99. The van der Waals surface area contributed by atoms with E-state index in [2.05, 4.69) is 41.0 Å². The molecule has 0 aliphatic rings. The van der Waals surface area contributed by atoms with Crippen LogP contribution >= 0.6 is 11.8 Å². The van der Waals surface area contributed by atoms with Crippen molar-refractivity contribution in [1.82, 2.24) is 15.8 Å². The molecule has 0 fully saturated rings. The molecule has 0 atom stereocenters. The van der Waals surface area contributed by atoms with Crippen LogP contribution in [0.2, 0.25) is 0 Å². The number of hydrogen-bond donors (Lipinski definition) is 2. The molecular weight excluding hydrogens is 298 g/mol. The standard InChI is InChI=1S/C16H19N3O2S/c1-4-12-8-13-6-5-10(2)7-14(13)17-16(12)22-9-15(21)19-18-11(3)20/h5-8H,4,9H2,1-3H3,(H,18,20)(H,19,21). The Morgan fingerprint density at radius 1 is 1.23 bits per heavy atom. The van der Waals surface area contributed by atoms with Crippen LogP contribution < -0.4 is 10.9 Å². The first-order chi connectivity index (χ1) is 10.5. The SMILES string of the molecule is CCc1cc2ccc(C)cc2nc1SCC(=O)NNC(C)=O. The number of thioether (sulfide) groups is 1. The summed E-state index contributed by atoms with van der Waals surface area (Å²) < 4.78 is 0. The highest BCUT2D eigenvalue weighted by Crippen LogP contribution is 2.25. The molecule has 2 amide bonds. The van der Waals surface area contributed by atoms with E-state index >= 15 is 0 Å². The Kier molecular flexibility index (Phi) is 5.38.